The van der Waals surface area contributed by atoms with Crippen molar-refractivity contribution in [3.05, 3.63) is 71.9 Å². The smallest absolute Gasteiger partial charge is 0.245 e. The van der Waals surface area contributed by atoms with E-state index < -0.39 is 0 Å². The van der Waals surface area contributed by atoms with Crippen molar-refractivity contribution in [2.45, 2.75) is 0 Å². The Morgan fingerprint density at radius 3 is 2.23 bits per heavy atom. The van der Waals surface area contributed by atoms with Crippen molar-refractivity contribution in [1.82, 2.24) is 0 Å². The van der Waals surface area contributed by atoms with Crippen molar-refractivity contribution in [2.75, 3.05) is 19.0 Å². The zero-order chi connectivity index (χ0) is 15.5. The topological polar surface area (TPSA) is 41.7 Å². The van der Waals surface area contributed by atoms with Crippen LogP contribution in [-0.4, -0.2) is 19.0 Å². The van der Waals surface area contributed by atoms with Crippen LogP contribution in [0.15, 0.2) is 71.8 Å². The highest BCUT2D eigenvalue weighted by molar-refractivity contribution is 5.84. The van der Waals surface area contributed by atoms with Gasteiger partial charge >= 0.3 is 0 Å². The van der Waals surface area contributed by atoms with Crippen LogP contribution in [0.3, 0.4) is 0 Å². The summed E-state index contributed by atoms with van der Waals surface area (Å²) in [4.78, 5) is 2.64. The molecule has 0 spiro atoms. The number of fused-ring (bicyclic) bond motifs is 1. The third kappa shape index (κ3) is 2.91. The summed E-state index contributed by atoms with van der Waals surface area (Å²) >= 11 is 0. The van der Waals surface area contributed by atoms with Gasteiger partial charge in [-0.15, -0.1) is 0 Å². The summed E-state index contributed by atoms with van der Waals surface area (Å²) < 4.78 is 0. The SMILES string of the molecule is CN(C)c1ccc([N+]([O-])=Nc2ccc3ccccc3c2)cc1. The maximum Gasteiger partial charge on any atom is 0.245 e. The maximum absolute atomic E-state index is 12.2. The van der Waals surface area contributed by atoms with Crippen molar-refractivity contribution in [3.63, 3.8) is 0 Å². The van der Waals surface area contributed by atoms with E-state index in [9.17, 15) is 5.21 Å². The van der Waals surface area contributed by atoms with E-state index in [1.807, 2.05) is 73.6 Å². The van der Waals surface area contributed by atoms with Gasteiger partial charge in [0.2, 0.25) is 5.69 Å². The molecule has 0 N–H and O–H groups in total. The van der Waals surface area contributed by atoms with E-state index in [0.29, 0.717) is 16.2 Å². The predicted molar refractivity (Wildman–Crippen MR) is 90.1 cm³/mol. The van der Waals surface area contributed by atoms with Crippen LogP contribution in [0.1, 0.15) is 0 Å². The molecule has 4 heteroatoms. The zero-order valence-electron chi connectivity index (χ0n) is 12.6. The summed E-state index contributed by atoms with van der Waals surface area (Å²) in [6.45, 7) is 0. The highest BCUT2D eigenvalue weighted by Gasteiger charge is 2.05. The van der Waals surface area contributed by atoms with Crippen LogP contribution in [0.5, 0.6) is 0 Å². The molecule has 0 radical (unpaired) electrons. The second-order valence-electron chi connectivity index (χ2n) is 5.32. The molecular formula is C18H17N3O. The highest BCUT2D eigenvalue weighted by Crippen LogP contribution is 2.24. The first kappa shape index (κ1) is 14.1. The van der Waals surface area contributed by atoms with Gasteiger partial charge in [0.05, 0.1) is 0 Å². The number of rotatable bonds is 3. The molecular weight excluding hydrogens is 274 g/mol. The molecule has 0 saturated heterocycles. The van der Waals surface area contributed by atoms with E-state index in [1.54, 1.807) is 12.1 Å². The first-order chi connectivity index (χ1) is 10.6. The highest BCUT2D eigenvalue weighted by atomic mass is 16.5. The molecule has 3 aromatic carbocycles. The summed E-state index contributed by atoms with van der Waals surface area (Å²) in [6, 6.07) is 21.1. The molecule has 0 aliphatic carbocycles. The zero-order valence-corrected chi connectivity index (χ0v) is 12.6. The monoisotopic (exact) mass is 291 g/mol. The molecule has 0 atom stereocenters. The van der Waals surface area contributed by atoms with Gasteiger partial charge in [0.25, 0.3) is 0 Å². The van der Waals surface area contributed by atoms with Crippen LogP contribution in [0.25, 0.3) is 10.8 Å². The van der Waals surface area contributed by atoms with E-state index in [2.05, 4.69) is 5.11 Å². The molecule has 3 aromatic rings. The molecule has 4 nitrogen and oxygen atoms in total. The molecule has 0 aliphatic heterocycles. The van der Waals surface area contributed by atoms with E-state index >= 15 is 0 Å². The molecule has 110 valence electrons. The molecule has 0 amide bonds. The molecule has 0 aromatic heterocycles. The van der Waals surface area contributed by atoms with Gasteiger partial charge in [-0.3, -0.25) is 0 Å². The molecule has 0 fully saturated rings. The fourth-order valence-electron chi connectivity index (χ4n) is 2.28. The number of hydrogen-bond acceptors (Lipinski definition) is 3. The first-order valence-electron chi connectivity index (χ1n) is 7.08. The van der Waals surface area contributed by atoms with Crippen LogP contribution < -0.4 is 4.90 Å². The normalized spacial score (nSPS) is 11.6. The second kappa shape index (κ2) is 5.85. The summed E-state index contributed by atoms with van der Waals surface area (Å²) in [6.07, 6.45) is 0. The quantitative estimate of drug-likeness (QED) is 0.394. The van der Waals surface area contributed by atoms with Crippen molar-refractivity contribution in [1.29, 1.82) is 0 Å². The largest absolute Gasteiger partial charge is 0.594 e. The number of hydrogen-bond donors (Lipinski definition) is 0. The van der Waals surface area contributed by atoms with Crippen molar-refractivity contribution in [2.24, 2.45) is 5.11 Å². The summed E-state index contributed by atoms with van der Waals surface area (Å²) in [5.74, 6) is 0. The first-order valence-corrected chi connectivity index (χ1v) is 7.08. The van der Waals surface area contributed by atoms with Gasteiger partial charge in [0.15, 0.2) is 0 Å². The number of nitrogens with zero attached hydrogens (tertiary/aromatic N) is 3. The lowest BCUT2D eigenvalue weighted by molar-refractivity contribution is -0.435. The lowest BCUT2D eigenvalue weighted by Gasteiger charge is -2.11. The van der Waals surface area contributed by atoms with Crippen LogP contribution >= 0.6 is 0 Å². The van der Waals surface area contributed by atoms with Gasteiger partial charge in [-0.25, -0.2) is 0 Å². The van der Waals surface area contributed by atoms with Gasteiger partial charge in [0, 0.05) is 37.0 Å². The van der Waals surface area contributed by atoms with Gasteiger partial charge in [-0.1, -0.05) is 35.2 Å². The van der Waals surface area contributed by atoms with Crippen LogP contribution in [0.2, 0.25) is 0 Å². The predicted octanol–water partition coefficient (Wildman–Crippen LogP) is 4.83. The average molecular weight is 291 g/mol. The van der Waals surface area contributed by atoms with Crippen molar-refractivity contribution in [3.8, 4) is 0 Å². The molecule has 0 unspecified atom stereocenters. The third-order valence-electron chi connectivity index (χ3n) is 3.53. The second-order valence-corrected chi connectivity index (χ2v) is 5.32. The minimum Gasteiger partial charge on any atom is -0.594 e. The fraction of sp³-hybridized carbons (Fsp3) is 0.111. The van der Waals surface area contributed by atoms with Gasteiger partial charge in [-0.05, 0) is 35.0 Å². The number of benzene rings is 3. The third-order valence-corrected chi connectivity index (χ3v) is 3.53. The van der Waals surface area contributed by atoms with E-state index in [-0.39, 0.29) is 0 Å². The van der Waals surface area contributed by atoms with Crippen molar-refractivity contribution >= 4 is 27.8 Å². The Hall–Kier alpha value is -2.88. The standard InChI is InChI=1S/C18H17N3O/c1-20(2)17-9-11-18(12-10-17)21(22)19-16-8-7-14-5-3-4-6-15(14)13-16/h3-13H,1-2H3. The van der Waals surface area contributed by atoms with Crippen LogP contribution in [0, 0.1) is 5.21 Å². The Bertz CT molecular complexity index is 823. The minimum absolute atomic E-state index is 0.513. The van der Waals surface area contributed by atoms with E-state index in [1.165, 1.54) is 0 Å². The summed E-state index contributed by atoms with van der Waals surface area (Å²) in [5, 5.41) is 18.5. The molecule has 0 saturated carbocycles. The molecule has 0 heterocycles. The van der Waals surface area contributed by atoms with Gasteiger partial charge < -0.3 is 10.1 Å². The average Bonchev–Trinajstić information content (AvgIpc) is 2.55. The minimum atomic E-state index is 0.513. The molecule has 0 bridgehead atoms. The maximum atomic E-state index is 12.2. The lowest BCUT2D eigenvalue weighted by Crippen LogP contribution is -2.08. The van der Waals surface area contributed by atoms with Crippen LogP contribution in [-0.2, 0) is 0 Å². The summed E-state index contributed by atoms with van der Waals surface area (Å²) in [7, 11) is 3.92. The van der Waals surface area contributed by atoms with Gasteiger partial charge in [0.1, 0.15) is 5.69 Å². The Morgan fingerprint density at radius 1 is 0.864 bits per heavy atom. The summed E-state index contributed by atoms with van der Waals surface area (Å²) in [5.41, 5.74) is 2.20. The van der Waals surface area contributed by atoms with E-state index in [4.69, 9.17) is 0 Å². The Morgan fingerprint density at radius 2 is 1.55 bits per heavy atom. The number of azo groups is 1. The molecule has 22 heavy (non-hydrogen) atoms. The fourth-order valence-corrected chi connectivity index (χ4v) is 2.28. The lowest BCUT2D eigenvalue weighted by atomic mass is 10.1. The van der Waals surface area contributed by atoms with Gasteiger partial charge in [-0.2, -0.15) is 0 Å². The molecule has 0 aliphatic rings. The van der Waals surface area contributed by atoms with E-state index in [0.717, 1.165) is 16.5 Å². The Kier molecular flexibility index (Phi) is 3.74. The molecule has 3 rings (SSSR count). The Balaban J connectivity index is 1.91. The Labute approximate surface area is 129 Å². The van der Waals surface area contributed by atoms with Crippen LogP contribution in [0.4, 0.5) is 17.1 Å². The van der Waals surface area contributed by atoms with Crippen molar-refractivity contribution < 1.29 is 4.86 Å². The number of anilines is 1.